The Balaban J connectivity index is 1.92. The lowest BCUT2D eigenvalue weighted by Crippen LogP contribution is -2.29. The van der Waals surface area contributed by atoms with E-state index in [1.165, 1.54) is 36.4 Å². The van der Waals surface area contributed by atoms with E-state index >= 15 is 0 Å². The third-order valence-corrected chi connectivity index (χ3v) is 5.41. The Morgan fingerprint density at radius 1 is 1.24 bits per heavy atom. The molecule has 0 saturated carbocycles. The first-order valence-electron chi connectivity index (χ1n) is 12.1. The van der Waals surface area contributed by atoms with Gasteiger partial charge in [-0.25, -0.2) is 9.18 Å². The van der Waals surface area contributed by atoms with Crippen LogP contribution in [-0.2, 0) is 14.2 Å². The van der Waals surface area contributed by atoms with Gasteiger partial charge in [0.15, 0.2) is 6.29 Å². The minimum absolute atomic E-state index is 0.0232. The topological polar surface area (TPSA) is 103 Å². The van der Waals surface area contributed by atoms with Gasteiger partial charge in [-0.1, -0.05) is 11.8 Å². The molecule has 0 aliphatic carbocycles. The van der Waals surface area contributed by atoms with Crippen molar-refractivity contribution >= 4 is 23.2 Å². The number of nitrogens with zero attached hydrogens (tertiary/aromatic N) is 2. The van der Waals surface area contributed by atoms with E-state index in [-0.39, 0.29) is 23.5 Å². The monoisotopic (exact) mass is 513 g/mol. The number of hydrogen-bond donors (Lipinski definition) is 1. The number of rotatable bonds is 7. The van der Waals surface area contributed by atoms with Crippen molar-refractivity contribution in [1.82, 2.24) is 0 Å². The molecule has 0 spiro atoms. The van der Waals surface area contributed by atoms with Crippen LogP contribution < -0.4 is 10.2 Å². The smallest absolute Gasteiger partial charge is 0.412 e. The first kappa shape index (κ1) is 27.9. The molecule has 10 heteroatoms. The van der Waals surface area contributed by atoms with Crippen LogP contribution in [0.3, 0.4) is 0 Å². The Labute approximate surface area is 216 Å². The summed E-state index contributed by atoms with van der Waals surface area (Å²) in [7, 11) is 1.80. The second-order valence-corrected chi connectivity index (χ2v) is 9.62. The lowest BCUT2D eigenvalue weighted by molar-refractivity contribution is -0.383. The van der Waals surface area contributed by atoms with Crippen LogP contribution in [0.4, 0.5) is 26.2 Å². The van der Waals surface area contributed by atoms with Gasteiger partial charge in [0.1, 0.15) is 17.1 Å². The van der Waals surface area contributed by atoms with Gasteiger partial charge in [-0.2, -0.15) is 0 Å². The maximum Gasteiger partial charge on any atom is 0.412 e. The molecule has 1 N–H and O–H groups in total. The Morgan fingerprint density at radius 2 is 1.97 bits per heavy atom. The van der Waals surface area contributed by atoms with E-state index in [1.807, 2.05) is 4.90 Å². The van der Waals surface area contributed by atoms with Crippen LogP contribution in [0.1, 0.15) is 51.2 Å². The van der Waals surface area contributed by atoms with E-state index < -0.39 is 16.6 Å². The fourth-order valence-electron chi connectivity index (χ4n) is 3.61. The van der Waals surface area contributed by atoms with E-state index in [9.17, 15) is 19.3 Å². The third kappa shape index (κ3) is 8.74. The molecule has 1 aliphatic heterocycles. The minimum Gasteiger partial charge on any atom is -0.444 e. The van der Waals surface area contributed by atoms with Crippen LogP contribution in [0.5, 0.6) is 0 Å². The van der Waals surface area contributed by atoms with E-state index in [2.05, 4.69) is 17.2 Å². The number of nitrogens with one attached hydrogen (secondary N) is 1. The summed E-state index contributed by atoms with van der Waals surface area (Å²) in [5.41, 5.74) is 0.314. The second kappa shape index (κ2) is 12.5. The molecular weight excluding hydrogens is 481 g/mol. The molecule has 1 amide bonds. The minimum atomic E-state index is -0.813. The predicted octanol–water partition coefficient (Wildman–Crippen LogP) is 5.46. The number of nitro benzene ring substituents is 1. The Bertz CT molecular complexity index is 1160. The van der Waals surface area contributed by atoms with Crippen LogP contribution in [0, 0.1) is 27.8 Å². The number of halogens is 1. The molecular formula is C27H32FN3O6. The van der Waals surface area contributed by atoms with Gasteiger partial charge in [-0.15, -0.1) is 0 Å². The van der Waals surface area contributed by atoms with E-state index in [4.69, 9.17) is 14.2 Å². The summed E-state index contributed by atoms with van der Waals surface area (Å²) in [6.07, 6.45) is 1.84. The number of nitro groups is 1. The van der Waals surface area contributed by atoms with Crippen molar-refractivity contribution in [3.8, 4) is 11.8 Å². The standard InChI is InChI=1S/C27H32FN3O6/c1-27(2,3)37-26(32)29-22-18-23(30(4)14-16-36-25-7-5-6-15-35-25)20(17-24(22)31(33)34)11-8-19-9-12-21(28)13-10-19/h9-10,12-13,17-18,25H,5-7,14-16H2,1-4H3,(H,29,32). The van der Waals surface area contributed by atoms with Gasteiger partial charge in [0.2, 0.25) is 0 Å². The zero-order chi connectivity index (χ0) is 27.0. The highest BCUT2D eigenvalue weighted by Crippen LogP contribution is 2.33. The first-order valence-corrected chi connectivity index (χ1v) is 12.1. The highest BCUT2D eigenvalue weighted by Gasteiger charge is 2.24. The summed E-state index contributed by atoms with van der Waals surface area (Å²) >= 11 is 0. The van der Waals surface area contributed by atoms with Gasteiger partial charge < -0.3 is 19.1 Å². The zero-order valence-corrected chi connectivity index (χ0v) is 21.5. The molecule has 0 bridgehead atoms. The molecule has 1 saturated heterocycles. The number of carbonyl (C=O) groups excluding carboxylic acids is 1. The molecule has 3 rings (SSSR count). The van der Waals surface area contributed by atoms with Crippen molar-refractivity contribution in [3.63, 3.8) is 0 Å². The lowest BCUT2D eigenvalue weighted by atomic mass is 10.1. The number of anilines is 2. The average molecular weight is 514 g/mol. The van der Waals surface area contributed by atoms with Crippen molar-refractivity contribution in [1.29, 1.82) is 0 Å². The molecule has 0 radical (unpaired) electrons. The van der Waals surface area contributed by atoms with Crippen molar-refractivity contribution in [2.45, 2.75) is 51.9 Å². The number of benzene rings is 2. The number of amides is 1. The summed E-state index contributed by atoms with van der Waals surface area (Å²) < 4.78 is 30.0. The zero-order valence-electron chi connectivity index (χ0n) is 21.5. The van der Waals surface area contributed by atoms with Crippen molar-refractivity contribution < 1.29 is 28.3 Å². The molecule has 9 nitrogen and oxygen atoms in total. The number of carbonyl (C=O) groups is 1. The van der Waals surface area contributed by atoms with E-state index in [0.29, 0.717) is 36.6 Å². The van der Waals surface area contributed by atoms with Gasteiger partial charge >= 0.3 is 6.09 Å². The molecule has 198 valence electrons. The predicted molar refractivity (Wildman–Crippen MR) is 138 cm³/mol. The highest BCUT2D eigenvalue weighted by molar-refractivity contribution is 5.90. The van der Waals surface area contributed by atoms with Crippen molar-refractivity contribution in [2.24, 2.45) is 0 Å². The molecule has 1 aliphatic rings. The summed E-state index contributed by atoms with van der Waals surface area (Å²) in [5.74, 6) is 5.49. The summed E-state index contributed by atoms with van der Waals surface area (Å²) in [4.78, 5) is 25.5. The first-order chi connectivity index (χ1) is 17.5. The van der Waals surface area contributed by atoms with Crippen molar-refractivity contribution in [2.75, 3.05) is 37.0 Å². The van der Waals surface area contributed by atoms with Crippen LogP contribution in [0.2, 0.25) is 0 Å². The summed E-state index contributed by atoms with van der Waals surface area (Å²) in [5, 5.41) is 14.3. The van der Waals surface area contributed by atoms with Gasteiger partial charge in [0.05, 0.1) is 22.8 Å². The summed E-state index contributed by atoms with van der Waals surface area (Å²) in [6.45, 7) is 6.57. The van der Waals surface area contributed by atoms with Gasteiger partial charge in [-0.3, -0.25) is 15.4 Å². The Kier molecular flexibility index (Phi) is 9.44. The fourth-order valence-corrected chi connectivity index (χ4v) is 3.61. The quantitative estimate of drug-likeness (QED) is 0.298. The molecule has 2 aromatic rings. The molecule has 0 aromatic heterocycles. The molecule has 1 heterocycles. The number of hydrogen-bond acceptors (Lipinski definition) is 7. The highest BCUT2D eigenvalue weighted by atomic mass is 19.1. The van der Waals surface area contributed by atoms with Crippen LogP contribution >= 0.6 is 0 Å². The van der Waals surface area contributed by atoms with Crippen LogP contribution in [0.25, 0.3) is 0 Å². The van der Waals surface area contributed by atoms with Crippen molar-refractivity contribution in [3.05, 3.63) is 63.5 Å². The largest absolute Gasteiger partial charge is 0.444 e. The van der Waals surface area contributed by atoms with E-state index in [1.54, 1.807) is 27.8 Å². The van der Waals surface area contributed by atoms with Gasteiger partial charge in [-0.05, 0) is 70.4 Å². The molecule has 2 aromatic carbocycles. The third-order valence-electron chi connectivity index (χ3n) is 5.41. The lowest BCUT2D eigenvalue weighted by Gasteiger charge is -2.26. The molecule has 37 heavy (non-hydrogen) atoms. The second-order valence-electron chi connectivity index (χ2n) is 9.62. The normalized spacial score (nSPS) is 15.3. The number of ether oxygens (including phenoxy) is 3. The molecule has 1 fully saturated rings. The maximum absolute atomic E-state index is 13.3. The van der Waals surface area contributed by atoms with Gasteiger partial charge in [0.25, 0.3) is 5.69 Å². The maximum atomic E-state index is 13.3. The Hall–Kier alpha value is -3.68. The van der Waals surface area contributed by atoms with Gasteiger partial charge in [0, 0.05) is 31.8 Å². The van der Waals surface area contributed by atoms with Crippen LogP contribution in [-0.4, -0.2) is 49.7 Å². The molecule has 1 unspecified atom stereocenters. The Morgan fingerprint density at radius 3 is 2.59 bits per heavy atom. The fraction of sp³-hybridized carbons (Fsp3) is 0.444. The summed E-state index contributed by atoms with van der Waals surface area (Å²) in [6, 6.07) is 8.43. The van der Waals surface area contributed by atoms with Crippen LogP contribution in [0.15, 0.2) is 36.4 Å². The average Bonchev–Trinajstić information content (AvgIpc) is 2.83. The number of likely N-dealkylation sites (N-methyl/N-ethyl adjacent to an activating group) is 1. The SMILES string of the molecule is CN(CCOC1CCCCO1)c1cc(NC(=O)OC(C)(C)C)c([N+](=O)[O-])cc1C#Cc1ccc(F)cc1. The molecule has 1 atom stereocenters. The van der Waals surface area contributed by atoms with E-state index in [0.717, 1.165) is 19.3 Å².